The van der Waals surface area contributed by atoms with Gasteiger partial charge in [0.1, 0.15) is 5.69 Å². The maximum Gasteiger partial charge on any atom is 0.274 e. The van der Waals surface area contributed by atoms with Crippen LogP contribution in [0.25, 0.3) is 0 Å². The summed E-state index contributed by atoms with van der Waals surface area (Å²) in [6.07, 6.45) is 3.41. The van der Waals surface area contributed by atoms with E-state index in [-0.39, 0.29) is 17.5 Å². The number of nitrogens with zero attached hydrogens (tertiary/aromatic N) is 2. The third-order valence-corrected chi connectivity index (χ3v) is 5.24. The summed E-state index contributed by atoms with van der Waals surface area (Å²) in [5.41, 5.74) is 5.59. The van der Waals surface area contributed by atoms with Crippen LogP contribution in [-0.4, -0.2) is 23.3 Å². The molecular formula is C24H23N3O2. The molecule has 3 aromatic rings. The van der Waals surface area contributed by atoms with Crippen LogP contribution in [0.5, 0.6) is 0 Å². The Balaban J connectivity index is 1.58. The molecule has 0 spiro atoms. The average molecular weight is 385 g/mol. The number of amides is 2. The number of pyridine rings is 1. The zero-order valence-electron chi connectivity index (χ0n) is 16.6. The maximum absolute atomic E-state index is 13.2. The minimum atomic E-state index is -0.326. The van der Waals surface area contributed by atoms with Crippen LogP contribution in [-0.2, 0) is 6.42 Å². The summed E-state index contributed by atoms with van der Waals surface area (Å²) < 4.78 is 0. The van der Waals surface area contributed by atoms with Gasteiger partial charge in [-0.1, -0.05) is 30.3 Å². The van der Waals surface area contributed by atoms with E-state index >= 15 is 0 Å². The van der Waals surface area contributed by atoms with Crippen LogP contribution in [0, 0.1) is 13.8 Å². The van der Waals surface area contributed by atoms with Crippen LogP contribution in [0.15, 0.2) is 60.8 Å². The summed E-state index contributed by atoms with van der Waals surface area (Å²) in [5.74, 6) is -0.437. The van der Waals surface area contributed by atoms with E-state index in [4.69, 9.17) is 0 Å². The predicted octanol–water partition coefficient (Wildman–Crippen LogP) is 4.54. The second-order valence-electron chi connectivity index (χ2n) is 7.39. The summed E-state index contributed by atoms with van der Waals surface area (Å²) >= 11 is 0. The van der Waals surface area contributed by atoms with E-state index in [0.717, 1.165) is 35.3 Å². The molecule has 4 rings (SSSR count). The third kappa shape index (κ3) is 3.90. The maximum atomic E-state index is 13.2. The summed E-state index contributed by atoms with van der Waals surface area (Å²) in [5, 5.41) is 2.90. The van der Waals surface area contributed by atoms with Crippen LogP contribution < -0.4 is 10.2 Å². The van der Waals surface area contributed by atoms with Gasteiger partial charge in [0.15, 0.2) is 0 Å². The fourth-order valence-corrected chi connectivity index (χ4v) is 3.65. The van der Waals surface area contributed by atoms with Crippen molar-refractivity contribution in [2.75, 3.05) is 16.8 Å². The van der Waals surface area contributed by atoms with E-state index in [1.165, 1.54) is 11.8 Å². The van der Waals surface area contributed by atoms with E-state index < -0.39 is 0 Å². The largest absolute Gasteiger partial charge is 0.320 e. The van der Waals surface area contributed by atoms with E-state index in [9.17, 15) is 9.59 Å². The highest BCUT2D eigenvalue weighted by molar-refractivity contribution is 6.09. The summed E-state index contributed by atoms with van der Waals surface area (Å²) in [4.78, 5) is 31.9. The van der Waals surface area contributed by atoms with E-state index in [0.29, 0.717) is 12.1 Å². The first-order valence-corrected chi connectivity index (χ1v) is 9.77. The third-order valence-electron chi connectivity index (χ3n) is 5.24. The second kappa shape index (κ2) is 7.87. The minimum absolute atomic E-state index is 0.111. The Hall–Kier alpha value is -3.47. The highest BCUT2D eigenvalue weighted by Gasteiger charge is 2.24. The van der Waals surface area contributed by atoms with Crippen molar-refractivity contribution in [1.82, 2.24) is 4.98 Å². The molecule has 5 nitrogen and oxygen atoms in total. The Morgan fingerprint density at radius 3 is 2.72 bits per heavy atom. The number of rotatable bonds is 3. The average Bonchev–Trinajstić information content (AvgIpc) is 2.75. The van der Waals surface area contributed by atoms with Crippen molar-refractivity contribution in [1.29, 1.82) is 0 Å². The van der Waals surface area contributed by atoms with Gasteiger partial charge in [0.25, 0.3) is 11.8 Å². The second-order valence-corrected chi connectivity index (χ2v) is 7.39. The molecule has 0 fully saturated rings. The van der Waals surface area contributed by atoms with Crippen LogP contribution >= 0.6 is 0 Å². The Kier molecular flexibility index (Phi) is 5.12. The highest BCUT2D eigenvalue weighted by atomic mass is 16.2. The Bertz CT molecular complexity index is 1090. The molecule has 0 aliphatic carbocycles. The molecule has 1 N–H and O–H groups in total. The van der Waals surface area contributed by atoms with Gasteiger partial charge < -0.3 is 10.2 Å². The number of nitrogens with one attached hydrogen (secondary N) is 1. The number of anilines is 2. The number of fused-ring (bicyclic) bond motifs is 1. The van der Waals surface area contributed by atoms with Crippen LogP contribution in [0.4, 0.5) is 11.4 Å². The summed E-state index contributed by atoms with van der Waals surface area (Å²) in [7, 11) is 0. The van der Waals surface area contributed by atoms with Gasteiger partial charge in [0.2, 0.25) is 0 Å². The Labute approximate surface area is 170 Å². The van der Waals surface area contributed by atoms with Crippen molar-refractivity contribution in [3.63, 3.8) is 0 Å². The molecule has 0 radical (unpaired) electrons. The summed E-state index contributed by atoms with van der Waals surface area (Å²) in [6, 6.07) is 17.1. The SMILES string of the molecule is Cc1ccc(C)c(NC(=O)c2cc(C(=O)N3CCCc4ccccc43)ccn2)c1. The van der Waals surface area contributed by atoms with E-state index in [1.807, 2.05) is 50.2 Å². The molecule has 0 bridgehead atoms. The molecule has 0 saturated carbocycles. The number of aromatic nitrogens is 1. The molecule has 2 aromatic carbocycles. The van der Waals surface area contributed by atoms with Crippen LogP contribution in [0.1, 0.15) is 44.0 Å². The van der Waals surface area contributed by atoms with Crippen molar-refractivity contribution in [3.8, 4) is 0 Å². The van der Waals surface area contributed by atoms with Crippen molar-refractivity contribution in [2.45, 2.75) is 26.7 Å². The molecule has 146 valence electrons. The zero-order chi connectivity index (χ0) is 20.4. The molecule has 2 heterocycles. The van der Waals surface area contributed by atoms with Crippen molar-refractivity contribution >= 4 is 23.2 Å². The number of carbonyl (C=O) groups is 2. The first kappa shape index (κ1) is 18.9. The molecule has 0 saturated heterocycles. The molecule has 1 aliphatic heterocycles. The lowest BCUT2D eigenvalue weighted by molar-refractivity contribution is 0.0985. The lowest BCUT2D eigenvalue weighted by Gasteiger charge is -2.29. The minimum Gasteiger partial charge on any atom is -0.320 e. The number of benzene rings is 2. The van der Waals surface area contributed by atoms with E-state index in [2.05, 4.69) is 16.4 Å². The monoisotopic (exact) mass is 385 g/mol. The molecule has 2 amide bonds. The standard InChI is InChI=1S/C24H23N3O2/c1-16-9-10-17(2)20(14-16)26-23(28)21-15-19(11-12-25-21)24(29)27-13-5-7-18-6-3-4-8-22(18)27/h3-4,6,8-12,14-15H,5,7,13H2,1-2H3,(H,26,28). The number of hydrogen-bond donors (Lipinski definition) is 1. The fraction of sp³-hybridized carbons (Fsp3) is 0.208. The zero-order valence-corrected chi connectivity index (χ0v) is 16.6. The van der Waals surface area contributed by atoms with Gasteiger partial charge >= 0.3 is 0 Å². The van der Waals surface area contributed by atoms with Crippen molar-refractivity contribution < 1.29 is 9.59 Å². The first-order valence-electron chi connectivity index (χ1n) is 9.77. The fourth-order valence-electron chi connectivity index (χ4n) is 3.65. The van der Waals surface area contributed by atoms with Crippen LogP contribution in [0.2, 0.25) is 0 Å². The predicted molar refractivity (Wildman–Crippen MR) is 115 cm³/mol. The van der Waals surface area contributed by atoms with Gasteiger partial charge in [-0.2, -0.15) is 0 Å². The van der Waals surface area contributed by atoms with Gasteiger partial charge in [0, 0.05) is 29.7 Å². The first-order chi connectivity index (χ1) is 14.0. The van der Waals surface area contributed by atoms with Crippen molar-refractivity contribution in [3.05, 3.63) is 88.7 Å². The van der Waals surface area contributed by atoms with Gasteiger partial charge in [-0.3, -0.25) is 14.6 Å². The number of hydrogen-bond acceptors (Lipinski definition) is 3. The molecule has 29 heavy (non-hydrogen) atoms. The number of aryl methyl sites for hydroxylation is 3. The molecule has 1 aliphatic rings. The molecule has 1 aromatic heterocycles. The Morgan fingerprint density at radius 2 is 1.86 bits per heavy atom. The lowest BCUT2D eigenvalue weighted by Crippen LogP contribution is -2.35. The molecule has 5 heteroatoms. The quantitative estimate of drug-likeness (QED) is 0.720. The normalized spacial score (nSPS) is 13.0. The van der Waals surface area contributed by atoms with Crippen molar-refractivity contribution in [2.24, 2.45) is 0 Å². The molecule has 0 atom stereocenters. The number of para-hydroxylation sites is 1. The van der Waals surface area contributed by atoms with Gasteiger partial charge in [-0.15, -0.1) is 0 Å². The van der Waals surface area contributed by atoms with Gasteiger partial charge in [0.05, 0.1) is 0 Å². The van der Waals surface area contributed by atoms with Crippen LogP contribution in [0.3, 0.4) is 0 Å². The molecule has 0 unspecified atom stereocenters. The highest BCUT2D eigenvalue weighted by Crippen LogP contribution is 2.28. The topological polar surface area (TPSA) is 62.3 Å². The van der Waals surface area contributed by atoms with Gasteiger partial charge in [-0.05, 0) is 67.6 Å². The molecular weight excluding hydrogens is 362 g/mol. The smallest absolute Gasteiger partial charge is 0.274 e. The van der Waals surface area contributed by atoms with E-state index in [1.54, 1.807) is 17.0 Å². The van der Waals surface area contributed by atoms with Gasteiger partial charge in [-0.25, -0.2) is 0 Å². The lowest BCUT2D eigenvalue weighted by atomic mass is 10.0. The summed E-state index contributed by atoms with van der Waals surface area (Å²) in [6.45, 7) is 4.58. The Morgan fingerprint density at radius 1 is 1.03 bits per heavy atom. The number of carbonyl (C=O) groups excluding carboxylic acids is 2.